The number of rotatable bonds is 10. The van der Waals surface area contributed by atoms with Gasteiger partial charge in [-0.2, -0.15) is 0 Å². The Morgan fingerprint density at radius 3 is 2.57 bits per heavy atom. The molecule has 0 amide bonds. The summed E-state index contributed by atoms with van der Waals surface area (Å²) in [6, 6.07) is 0. The Labute approximate surface area is 143 Å². The molecule has 3 N–H and O–H groups in total. The number of hydrogen-bond donors (Lipinski definition) is 2. The second-order valence-electron chi connectivity index (χ2n) is 5.52. The SMILES string of the molecule is C=C\C(F)=C/C(=C\CF)/C=C(\C)CCC(C)CC(=C)NC(N)=S. The lowest BCUT2D eigenvalue weighted by Gasteiger charge is -2.14. The second-order valence-corrected chi connectivity index (χ2v) is 5.96. The Morgan fingerprint density at radius 2 is 2.04 bits per heavy atom. The summed E-state index contributed by atoms with van der Waals surface area (Å²) >= 11 is 4.76. The summed E-state index contributed by atoms with van der Waals surface area (Å²) in [4.78, 5) is 0. The molecule has 0 saturated heterocycles. The van der Waals surface area contributed by atoms with Crippen LogP contribution in [0.15, 0.2) is 60.1 Å². The van der Waals surface area contributed by atoms with Gasteiger partial charge in [-0.1, -0.05) is 31.7 Å². The second kappa shape index (κ2) is 11.8. The first-order valence-corrected chi connectivity index (χ1v) is 7.86. The average Bonchev–Trinajstić information content (AvgIpc) is 2.44. The number of thiocarbonyl (C=S) groups is 1. The van der Waals surface area contributed by atoms with Crippen molar-refractivity contribution >= 4 is 17.3 Å². The first kappa shape index (κ1) is 21.2. The van der Waals surface area contributed by atoms with Gasteiger partial charge in [0, 0.05) is 5.70 Å². The highest BCUT2D eigenvalue weighted by Crippen LogP contribution is 2.19. The fraction of sp³-hybridized carbons (Fsp3) is 0.389. The molecule has 23 heavy (non-hydrogen) atoms. The summed E-state index contributed by atoms with van der Waals surface area (Å²) in [5, 5.41) is 3.05. The van der Waals surface area contributed by atoms with Gasteiger partial charge in [0.15, 0.2) is 5.11 Å². The Morgan fingerprint density at radius 1 is 1.39 bits per heavy atom. The van der Waals surface area contributed by atoms with Crippen LogP contribution in [0.3, 0.4) is 0 Å². The highest BCUT2D eigenvalue weighted by Gasteiger charge is 2.06. The molecule has 0 aromatic rings. The summed E-state index contributed by atoms with van der Waals surface area (Å²) in [5.74, 6) is -0.0935. The maximum atomic E-state index is 13.2. The van der Waals surface area contributed by atoms with Gasteiger partial charge in [0.1, 0.15) is 12.5 Å². The van der Waals surface area contributed by atoms with E-state index in [9.17, 15) is 8.78 Å². The normalized spacial score (nSPS) is 14.3. The van der Waals surface area contributed by atoms with Crippen molar-refractivity contribution in [1.29, 1.82) is 0 Å². The largest absolute Gasteiger partial charge is 0.376 e. The van der Waals surface area contributed by atoms with E-state index in [4.69, 9.17) is 18.0 Å². The topological polar surface area (TPSA) is 38.0 Å². The Bertz CT molecular complexity index is 519. The maximum absolute atomic E-state index is 13.2. The van der Waals surface area contributed by atoms with Crippen LogP contribution >= 0.6 is 12.2 Å². The Kier molecular flexibility index (Phi) is 10.9. The van der Waals surface area contributed by atoms with Crippen molar-refractivity contribution in [3.05, 3.63) is 60.1 Å². The van der Waals surface area contributed by atoms with Crippen LogP contribution in [0.25, 0.3) is 0 Å². The standard InChI is InChI=1S/C18H26F2N2S/c1-5-17(20)12-16(8-9-19)11-14(3)7-6-13(2)10-15(4)22-18(21)23/h5,8,11-13H,1,4,6-7,9-10H2,2-3H3,(H3,21,22,23)/b14-11+,16-8-,17-12+. The number of hydrogen-bond acceptors (Lipinski definition) is 1. The van der Waals surface area contributed by atoms with Gasteiger partial charge in [-0.15, -0.1) is 0 Å². The van der Waals surface area contributed by atoms with Crippen molar-refractivity contribution in [2.45, 2.75) is 33.1 Å². The fourth-order valence-electron chi connectivity index (χ4n) is 2.05. The molecule has 0 fully saturated rings. The lowest BCUT2D eigenvalue weighted by molar-refractivity contribution is 0.520. The van der Waals surface area contributed by atoms with Crippen molar-refractivity contribution in [2.75, 3.05) is 6.67 Å². The summed E-state index contributed by atoms with van der Waals surface area (Å²) in [6.45, 7) is 10.6. The van der Waals surface area contributed by atoms with Crippen LogP contribution in [-0.4, -0.2) is 11.8 Å². The van der Waals surface area contributed by atoms with Crippen LogP contribution in [0.1, 0.15) is 33.1 Å². The molecule has 0 aliphatic carbocycles. The molecule has 0 aliphatic heterocycles. The minimum absolute atomic E-state index is 0.218. The monoisotopic (exact) mass is 340 g/mol. The molecule has 0 bridgehead atoms. The molecule has 0 saturated carbocycles. The van der Waals surface area contributed by atoms with Gasteiger partial charge in [0.05, 0.1) is 0 Å². The van der Waals surface area contributed by atoms with Gasteiger partial charge in [-0.3, -0.25) is 0 Å². The van der Waals surface area contributed by atoms with Crippen molar-refractivity contribution in [3.63, 3.8) is 0 Å². The lowest BCUT2D eigenvalue weighted by atomic mass is 9.96. The fourth-order valence-corrected chi connectivity index (χ4v) is 2.19. The van der Waals surface area contributed by atoms with E-state index in [1.165, 1.54) is 12.2 Å². The molecular formula is C18H26F2N2S. The number of nitrogens with one attached hydrogen (secondary N) is 1. The van der Waals surface area contributed by atoms with E-state index in [0.717, 1.165) is 36.6 Å². The van der Waals surface area contributed by atoms with Crippen LogP contribution in [0.4, 0.5) is 8.78 Å². The van der Waals surface area contributed by atoms with Crippen molar-refractivity contribution < 1.29 is 8.78 Å². The summed E-state index contributed by atoms with van der Waals surface area (Å²) in [6.07, 6.45) is 8.01. The van der Waals surface area contributed by atoms with Crippen LogP contribution in [0, 0.1) is 5.92 Å². The van der Waals surface area contributed by atoms with Gasteiger partial charge >= 0.3 is 0 Å². The third-order valence-corrected chi connectivity index (χ3v) is 3.25. The molecule has 0 aromatic heterocycles. The predicted molar refractivity (Wildman–Crippen MR) is 99.3 cm³/mol. The van der Waals surface area contributed by atoms with Crippen LogP contribution in [0.2, 0.25) is 0 Å². The molecule has 0 aromatic carbocycles. The van der Waals surface area contributed by atoms with Crippen molar-refractivity contribution in [3.8, 4) is 0 Å². The molecule has 2 nitrogen and oxygen atoms in total. The summed E-state index contributed by atoms with van der Waals surface area (Å²) < 4.78 is 25.7. The Balaban J connectivity index is 4.58. The molecular weight excluding hydrogens is 314 g/mol. The molecule has 1 unspecified atom stereocenters. The van der Waals surface area contributed by atoms with Crippen LogP contribution in [-0.2, 0) is 0 Å². The van der Waals surface area contributed by atoms with E-state index in [1.54, 1.807) is 6.08 Å². The minimum atomic E-state index is -0.638. The number of halogens is 2. The van der Waals surface area contributed by atoms with Gasteiger partial charge in [-0.05, 0) is 68.1 Å². The molecule has 0 heterocycles. The van der Waals surface area contributed by atoms with E-state index in [0.29, 0.717) is 11.5 Å². The van der Waals surface area contributed by atoms with Crippen molar-refractivity contribution in [1.82, 2.24) is 5.32 Å². The van der Waals surface area contributed by atoms with E-state index >= 15 is 0 Å². The molecule has 0 radical (unpaired) electrons. The van der Waals surface area contributed by atoms with Crippen molar-refractivity contribution in [2.24, 2.45) is 11.7 Å². The van der Waals surface area contributed by atoms with E-state index in [-0.39, 0.29) is 5.11 Å². The molecule has 0 rings (SSSR count). The highest BCUT2D eigenvalue weighted by atomic mass is 32.1. The van der Waals surface area contributed by atoms with E-state index in [2.05, 4.69) is 25.4 Å². The van der Waals surface area contributed by atoms with Crippen LogP contribution in [0.5, 0.6) is 0 Å². The quantitative estimate of drug-likeness (QED) is 0.433. The third-order valence-electron chi connectivity index (χ3n) is 3.15. The molecule has 5 heteroatoms. The molecule has 1 atom stereocenters. The van der Waals surface area contributed by atoms with E-state index in [1.807, 2.05) is 6.92 Å². The first-order valence-electron chi connectivity index (χ1n) is 7.45. The number of allylic oxidation sites excluding steroid dienone is 8. The summed E-state index contributed by atoms with van der Waals surface area (Å²) in [7, 11) is 0. The predicted octanol–water partition coefficient (Wildman–Crippen LogP) is 5.02. The zero-order chi connectivity index (χ0) is 17.8. The highest BCUT2D eigenvalue weighted by molar-refractivity contribution is 7.80. The third kappa shape index (κ3) is 11.5. The molecule has 0 spiro atoms. The first-order chi connectivity index (χ1) is 10.8. The van der Waals surface area contributed by atoms with Gasteiger partial charge < -0.3 is 11.1 Å². The average molecular weight is 340 g/mol. The summed E-state index contributed by atoms with van der Waals surface area (Å²) in [5.41, 5.74) is 7.75. The Hall–Kier alpha value is -1.75. The van der Waals surface area contributed by atoms with Crippen LogP contribution < -0.4 is 11.1 Å². The van der Waals surface area contributed by atoms with Gasteiger partial charge in [0.25, 0.3) is 0 Å². The zero-order valence-corrected chi connectivity index (χ0v) is 14.7. The maximum Gasteiger partial charge on any atom is 0.167 e. The van der Waals surface area contributed by atoms with E-state index < -0.39 is 12.5 Å². The van der Waals surface area contributed by atoms with Gasteiger partial charge in [-0.25, -0.2) is 8.78 Å². The smallest absolute Gasteiger partial charge is 0.167 e. The zero-order valence-electron chi connectivity index (χ0n) is 13.9. The molecule has 128 valence electrons. The van der Waals surface area contributed by atoms with Gasteiger partial charge in [0.2, 0.25) is 0 Å². The molecule has 0 aliphatic rings. The number of nitrogens with two attached hydrogens (primary N) is 1. The minimum Gasteiger partial charge on any atom is -0.376 e. The lowest BCUT2D eigenvalue weighted by Crippen LogP contribution is -2.28. The number of alkyl halides is 1.